The molecule has 2 aromatic heterocycles. The van der Waals surface area contributed by atoms with E-state index in [2.05, 4.69) is 15.5 Å². The summed E-state index contributed by atoms with van der Waals surface area (Å²) < 4.78 is 33.7. The summed E-state index contributed by atoms with van der Waals surface area (Å²) in [6.45, 7) is 8.70. The van der Waals surface area contributed by atoms with Crippen LogP contribution in [0.25, 0.3) is 10.7 Å². The van der Waals surface area contributed by atoms with Crippen LogP contribution >= 0.6 is 11.3 Å². The fourth-order valence-corrected chi connectivity index (χ4v) is 7.08. The summed E-state index contributed by atoms with van der Waals surface area (Å²) in [5.41, 5.74) is 2.16. The zero-order valence-electron chi connectivity index (χ0n) is 19.9. The number of sulfonamides is 1. The van der Waals surface area contributed by atoms with Gasteiger partial charge in [0.1, 0.15) is 0 Å². The molecule has 1 saturated heterocycles. The molecule has 0 spiro atoms. The maximum absolute atomic E-state index is 13.5. The van der Waals surface area contributed by atoms with Gasteiger partial charge in [0.05, 0.1) is 15.7 Å². The van der Waals surface area contributed by atoms with Gasteiger partial charge in [0.15, 0.2) is 0 Å². The maximum atomic E-state index is 13.5. The minimum Gasteiger partial charge on any atom is -0.352 e. The summed E-state index contributed by atoms with van der Waals surface area (Å²) in [6, 6.07) is 9.58. The van der Waals surface area contributed by atoms with Gasteiger partial charge in [-0.15, -0.1) is 11.3 Å². The molecule has 0 bridgehead atoms. The van der Waals surface area contributed by atoms with Crippen molar-refractivity contribution >= 4 is 27.3 Å². The summed E-state index contributed by atoms with van der Waals surface area (Å²) >= 11 is 1.33. The van der Waals surface area contributed by atoms with Gasteiger partial charge < -0.3 is 9.84 Å². The van der Waals surface area contributed by atoms with E-state index in [0.29, 0.717) is 47.4 Å². The normalized spacial score (nSPS) is 17.3. The topological polar surface area (TPSA) is 105 Å². The van der Waals surface area contributed by atoms with Gasteiger partial charge >= 0.3 is 0 Å². The van der Waals surface area contributed by atoms with E-state index in [1.807, 2.05) is 45.0 Å². The molecular weight excluding hydrogens is 472 g/mol. The molecule has 1 aromatic carbocycles. The van der Waals surface area contributed by atoms with E-state index in [4.69, 9.17) is 4.52 Å². The molecule has 0 saturated carbocycles. The third-order valence-electron chi connectivity index (χ3n) is 5.95. The van der Waals surface area contributed by atoms with Crippen LogP contribution < -0.4 is 5.32 Å². The summed E-state index contributed by atoms with van der Waals surface area (Å²) in [7, 11) is -3.75. The second-order valence-corrected chi connectivity index (χ2v) is 12.2. The zero-order chi connectivity index (χ0) is 24.5. The first-order valence-electron chi connectivity index (χ1n) is 11.4. The standard InChI is InChI=1S/C24H30N4O4S2/c1-15(2)24-26-22(27-32-24)20-12-21(17(4)33-20)34(30,31)28-10-6-9-19(14-28)23(29)25-13-18-8-5-7-16(3)11-18/h5,7-8,11-12,15,19H,6,9-10,13-14H2,1-4H3,(H,25,29)/t19-/m0/s1. The molecule has 1 amide bonds. The number of rotatable bonds is 7. The molecule has 1 N–H and O–H groups in total. The Bertz CT molecular complexity index is 1280. The summed E-state index contributed by atoms with van der Waals surface area (Å²) in [5, 5.41) is 6.98. The lowest BCUT2D eigenvalue weighted by atomic mass is 9.98. The van der Waals surface area contributed by atoms with Gasteiger partial charge in [0.2, 0.25) is 27.6 Å². The van der Waals surface area contributed by atoms with Crippen LogP contribution in [0.1, 0.15) is 54.5 Å². The SMILES string of the molecule is Cc1cccc(CNC(=O)[C@H]2CCCN(S(=O)(=O)c3cc(-c4noc(C(C)C)n4)sc3C)C2)c1. The molecule has 3 heterocycles. The fraction of sp³-hybridized carbons (Fsp3) is 0.458. The molecule has 182 valence electrons. The maximum Gasteiger partial charge on any atom is 0.244 e. The van der Waals surface area contributed by atoms with E-state index >= 15 is 0 Å². The number of piperidine rings is 1. The molecule has 8 nitrogen and oxygen atoms in total. The predicted octanol–water partition coefficient (Wildman–Crippen LogP) is 4.26. The van der Waals surface area contributed by atoms with Gasteiger partial charge in [0.25, 0.3) is 0 Å². The first-order chi connectivity index (χ1) is 16.1. The van der Waals surface area contributed by atoms with Gasteiger partial charge in [-0.05, 0) is 38.3 Å². The molecule has 0 radical (unpaired) electrons. The Hall–Kier alpha value is -2.56. The lowest BCUT2D eigenvalue weighted by molar-refractivity contribution is -0.126. The number of amides is 1. The molecule has 10 heteroatoms. The second-order valence-electron chi connectivity index (χ2n) is 9.05. The van der Waals surface area contributed by atoms with Gasteiger partial charge in [-0.2, -0.15) is 9.29 Å². The Morgan fingerprint density at radius 1 is 1.29 bits per heavy atom. The first-order valence-corrected chi connectivity index (χ1v) is 13.7. The van der Waals surface area contributed by atoms with Crippen LogP contribution in [0.3, 0.4) is 0 Å². The van der Waals surface area contributed by atoms with E-state index in [1.165, 1.54) is 15.6 Å². The fourth-order valence-electron chi connectivity index (χ4n) is 4.07. The summed E-state index contributed by atoms with van der Waals surface area (Å²) in [6.07, 6.45) is 1.31. The highest BCUT2D eigenvalue weighted by molar-refractivity contribution is 7.89. The van der Waals surface area contributed by atoms with Crippen molar-refractivity contribution in [2.75, 3.05) is 13.1 Å². The van der Waals surface area contributed by atoms with Crippen molar-refractivity contribution in [2.24, 2.45) is 5.92 Å². The van der Waals surface area contributed by atoms with E-state index in [0.717, 1.165) is 11.1 Å². The quantitative estimate of drug-likeness (QED) is 0.518. The van der Waals surface area contributed by atoms with Crippen molar-refractivity contribution in [3.63, 3.8) is 0 Å². The molecule has 3 aromatic rings. The van der Waals surface area contributed by atoms with Crippen LogP contribution in [0.2, 0.25) is 0 Å². The van der Waals surface area contributed by atoms with Crippen molar-refractivity contribution in [2.45, 2.75) is 57.9 Å². The number of aryl methyl sites for hydroxylation is 2. The molecular formula is C24H30N4O4S2. The molecule has 34 heavy (non-hydrogen) atoms. The first kappa shape index (κ1) is 24.6. The zero-order valence-corrected chi connectivity index (χ0v) is 21.5. The number of carbonyl (C=O) groups is 1. The number of hydrogen-bond donors (Lipinski definition) is 1. The monoisotopic (exact) mass is 502 g/mol. The van der Waals surface area contributed by atoms with Crippen molar-refractivity contribution < 1.29 is 17.7 Å². The van der Waals surface area contributed by atoms with Gasteiger partial charge in [-0.1, -0.05) is 48.8 Å². The van der Waals surface area contributed by atoms with Crippen molar-refractivity contribution in [1.29, 1.82) is 0 Å². The number of nitrogens with one attached hydrogen (secondary N) is 1. The number of benzene rings is 1. The number of carbonyl (C=O) groups excluding carboxylic acids is 1. The third kappa shape index (κ3) is 5.24. The highest BCUT2D eigenvalue weighted by atomic mass is 32.2. The van der Waals surface area contributed by atoms with Crippen molar-refractivity contribution in [3.05, 3.63) is 52.2 Å². The molecule has 1 fully saturated rings. The number of nitrogens with zero attached hydrogens (tertiary/aromatic N) is 3. The average Bonchev–Trinajstić information content (AvgIpc) is 3.45. The Kier molecular flexibility index (Phi) is 7.20. The third-order valence-corrected chi connectivity index (χ3v) is 9.12. The Balaban J connectivity index is 1.46. The summed E-state index contributed by atoms with van der Waals surface area (Å²) in [4.78, 5) is 18.8. The van der Waals surface area contributed by atoms with Gasteiger partial charge in [0, 0.05) is 30.4 Å². The lowest BCUT2D eigenvalue weighted by Crippen LogP contribution is -2.45. The highest BCUT2D eigenvalue weighted by Gasteiger charge is 2.35. The number of aromatic nitrogens is 2. The molecule has 1 aliphatic rings. The highest BCUT2D eigenvalue weighted by Crippen LogP contribution is 2.35. The summed E-state index contributed by atoms with van der Waals surface area (Å²) in [5.74, 6) is 0.508. The molecule has 0 aliphatic carbocycles. The van der Waals surface area contributed by atoms with E-state index in [-0.39, 0.29) is 29.2 Å². The average molecular weight is 503 g/mol. The van der Waals surface area contributed by atoms with Crippen LogP contribution in [-0.2, 0) is 21.4 Å². The largest absolute Gasteiger partial charge is 0.352 e. The van der Waals surface area contributed by atoms with Gasteiger partial charge in [-0.25, -0.2) is 8.42 Å². The van der Waals surface area contributed by atoms with Crippen LogP contribution in [-0.4, -0.2) is 41.9 Å². The van der Waals surface area contributed by atoms with Crippen LogP contribution in [0.15, 0.2) is 39.8 Å². The van der Waals surface area contributed by atoms with Crippen molar-refractivity contribution in [3.8, 4) is 10.7 Å². The minimum atomic E-state index is -3.75. The molecule has 0 unspecified atom stereocenters. The predicted molar refractivity (Wildman–Crippen MR) is 131 cm³/mol. The molecule has 4 rings (SSSR count). The van der Waals surface area contributed by atoms with E-state index in [9.17, 15) is 13.2 Å². The van der Waals surface area contributed by atoms with Crippen LogP contribution in [0, 0.1) is 19.8 Å². The van der Waals surface area contributed by atoms with Crippen LogP contribution in [0.4, 0.5) is 0 Å². The van der Waals surface area contributed by atoms with E-state index < -0.39 is 10.0 Å². The van der Waals surface area contributed by atoms with E-state index in [1.54, 1.807) is 13.0 Å². The Morgan fingerprint density at radius 2 is 2.09 bits per heavy atom. The molecule has 1 atom stereocenters. The van der Waals surface area contributed by atoms with Gasteiger partial charge in [-0.3, -0.25) is 4.79 Å². The minimum absolute atomic E-state index is 0.0906. The second kappa shape index (κ2) is 9.97. The van der Waals surface area contributed by atoms with Crippen LogP contribution in [0.5, 0.6) is 0 Å². The molecule has 1 aliphatic heterocycles. The Morgan fingerprint density at radius 3 is 2.79 bits per heavy atom. The van der Waals surface area contributed by atoms with Crippen molar-refractivity contribution in [1.82, 2.24) is 19.8 Å². The lowest BCUT2D eigenvalue weighted by Gasteiger charge is -2.31. The number of hydrogen-bond acceptors (Lipinski definition) is 7. The smallest absolute Gasteiger partial charge is 0.244 e. The Labute approximate surface area is 204 Å². The number of thiophene rings is 1.